The van der Waals surface area contributed by atoms with E-state index in [1.807, 2.05) is 6.92 Å². The molecule has 4 atom stereocenters. The van der Waals surface area contributed by atoms with Crippen LogP contribution < -0.4 is 0 Å². The molecule has 1 rings (SSSR count). The van der Waals surface area contributed by atoms with Crippen molar-refractivity contribution in [2.75, 3.05) is 0 Å². The van der Waals surface area contributed by atoms with Crippen LogP contribution in [0, 0.1) is 29.1 Å². The van der Waals surface area contributed by atoms with Crippen molar-refractivity contribution in [1.82, 2.24) is 0 Å². The lowest BCUT2D eigenvalue weighted by molar-refractivity contribution is -0.139. The van der Waals surface area contributed by atoms with Crippen LogP contribution in [0.4, 0.5) is 0 Å². The Balaban J connectivity index is 2.96. The van der Waals surface area contributed by atoms with E-state index in [2.05, 4.69) is 33.8 Å². The third-order valence-corrected chi connectivity index (χ3v) is 6.04. The first-order valence-electron chi connectivity index (χ1n) is 9.18. The van der Waals surface area contributed by atoms with Gasteiger partial charge in [-0.1, -0.05) is 39.3 Å². The van der Waals surface area contributed by atoms with Gasteiger partial charge in [0.25, 0.3) is 0 Å². The lowest BCUT2D eigenvalue weighted by Crippen LogP contribution is -2.41. The molecule has 138 valence electrons. The quantitative estimate of drug-likeness (QED) is 0.581. The lowest BCUT2D eigenvalue weighted by atomic mass is 9.55. The summed E-state index contributed by atoms with van der Waals surface area (Å²) < 4.78 is 0. The topological polar surface area (TPSA) is 74.6 Å². The van der Waals surface area contributed by atoms with Crippen molar-refractivity contribution in [2.45, 2.75) is 73.1 Å². The Labute approximate surface area is 146 Å². The second-order valence-corrected chi connectivity index (χ2v) is 8.27. The Morgan fingerprint density at radius 2 is 1.88 bits per heavy atom. The van der Waals surface area contributed by atoms with Crippen LogP contribution in [0.5, 0.6) is 0 Å². The molecule has 1 aliphatic carbocycles. The summed E-state index contributed by atoms with van der Waals surface area (Å²) in [6.45, 7) is 10.8. The molecule has 2 N–H and O–H groups in total. The summed E-state index contributed by atoms with van der Waals surface area (Å²) in [5.74, 6) is -0.00357. The van der Waals surface area contributed by atoms with Crippen LogP contribution in [0.3, 0.4) is 0 Å². The van der Waals surface area contributed by atoms with Gasteiger partial charge in [-0.25, -0.2) is 0 Å². The molecule has 24 heavy (non-hydrogen) atoms. The molecule has 0 spiro atoms. The maximum absolute atomic E-state index is 11.2. The summed E-state index contributed by atoms with van der Waals surface area (Å²) in [7, 11) is 0. The van der Waals surface area contributed by atoms with Crippen molar-refractivity contribution in [3.05, 3.63) is 11.6 Å². The van der Waals surface area contributed by atoms with Crippen molar-refractivity contribution in [1.29, 1.82) is 0 Å². The smallest absolute Gasteiger partial charge is 0.303 e. The fourth-order valence-electron chi connectivity index (χ4n) is 4.68. The van der Waals surface area contributed by atoms with Crippen molar-refractivity contribution >= 4 is 11.9 Å². The molecule has 0 aromatic carbocycles. The predicted octanol–water partition coefficient (Wildman–Crippen LogP) is 4.99. The van der Waals surface area contributed by atoms with Gasteiger partial charge in [0.15, 0.2) is 0 Å². The molecule has 0 radical (unpaired) electrons. The molecule has 0 fully saturated rings. The minimum Gasteiger partial charge on any atom is -0.481 e. The van der Waals surface area contributed by atoms with E-state index in [1.165, 1.54) is 5.57 Å². The average Bonchev–Trinajstić information content (AvgIpc) is 2.43. The van der Waals surface area contributed by atoms with Crippen LogP contribution >= 0.6 is 0 Å². The van der Waals surface area contributed by atoms with Gasteiger partial charge >= 0.3 is 11.9 Å². The first kappa shape index (κ1) is 20.7. The molecular weight excluding hydrogens is 304 g/mol. The molecule has 4 unspecified atom stereocenters. The fourth-order valence-corrected chi connectivity index (χ4v) is 4.68. The first-order valence-corrected chi connectivity index (χ1v) is 9.18. The lowest BCUT2D eigenvalue weighted by Gasteiger charge is -2.49. The number of hydrogen-bond acceptors (Lipinski definition) is 2. The van der Waals surface area contributed by atoms with Gasteiger partial charge in [-0.15, -0.1) is 0 Å². The summed E-state index contributed by atoms with van der Waals surface area (Å²) in [5.41, 5.74) is 1.32. The van der Waals surface area contributed by atoms with Gasteiger partial charge in [0, 0.05) is 12.8 Å². The molecule has 4 nitrogen and oxygen atoms in total. The first-order chi connectivity index (χ1) is 11.1. The van der Waals surface area contributed by atoms with Gasteiger partial charge in [-0.2, -0.15) is 0 Å². The van der Waals surface area contributed by atoms with E-state index < -0.39 is 11.9 Å². The summed E-state index contributed by atoms with van der Waals surface area (Å²) >= 11 is 0. The molecular formula is C20H34O4. The molecule has 0 aromatic rings. The van der Waals surface area contributed by atoms with Crippen molar-refractivity contribution in [2.24, 2.45) is 29.1 Å². The molecule has 0 saturated carbocycles. The van der Waals surface area contributed by atoms with E-state index in [0.717, 1.165) is 19.3 Å². The number of carboxylic acids is 2. The molecule has 0 bridgehead atoms. The Bertz CT molecular complexity index is 480. The standard InChI is InChI=1S/C20H34O4/c1-13(2)16-9-7-15(4)17(8-6-14(3)12-19(23)24)20(16,5)11-10-18(21)22/h7,13-14,16-17H,6,8-12H2,1-5H3,(H,21,22)(H,23,24). The van der Waals surface area contributed by atoms with E-state index in [9.17, 15) is 14.7 Å². The van der Waals surface area contributed by atoms with Gasteiger partial charge < -0.3 is 10.2 Å². The van der Waals surface area contributed by atoms with Crippen molar-refractivity contribution < 1.29 is 19.8 Å². The van der Waals surface area contributed by atoms with Crippen molar-refractivity contribution in [3.63, 3.8) is 0 Å². The Kier molecular flexibility index (Phi) is 7.50. The summed E-state index contributed by atoms with van der Waals surface area (Å²) in [4.78, 5) is 22.1. The van der Waals surface area contributed by atoms with Gasteiger partial charge in [0.2, 0.25) is 0 Å². The zero-order chi connectivity index (χ0) is 18.5. The normalized spacial score (nSPS) is 28.5. The summed E-state index contributed by atoms with van der Waals surface area (Å²) in [6.07, 6.45) is 6.24. The number of carboxylic acid groups (broad SMARTS) is 2. The van der Waals surface area contributed by atoms with Crippen molar-refractivity contribution in [3.8, 4) is 0 Å². The van der Waals surface area contributed by atoms with Crippen LogP contribution in [0.15, 0.2) is 11.6 Å². The second-order valence-electron chi connectivity index (χ2n) is 8.27. The Morgan fingerprint density at radius 1 is 1.25 bits per heavy atom. The average molecular weight is 338 g/mol. The van der Waals surface area contributed by atoms with Gasteiger partial charge in [-0.05, 0) is 61.7 Å². The number of aliphatic carboxylic acids is 2. The zero-order valence-corrected chi connectivity index (χ0v) is 15.8. The number of carbonyl (C=O) groups is 2. The fraction of sp³-hybridized carbons (Fsp3) is 0.800. The number of hydrogen-bond donors (Lipinski definition) is 2. The Hall–Kier alpha value is -1.32. The second kappa shape index (κ2) is 8.68. The largest absolute Gasteiger partial charge is 0.481 e. The molecule has 0 aliphatic heterocycles. The zero-order valence-electron chi connectivity index (χ0n) is 15.8. The van der Waals surface area contributed by atoms with E-state index in [1.54, 1.807) is 0 Å². The molecule has 0 aromatic heterocycles. The van der Waals surface area contributed by atoms with E-state index in [0.29, 0.717) is 24.2 Å². The van der Waals surface area contributed by atoms with Crippen LogP contribution in [-0.4, -0.2) is 22.2 Å². The maximum Gasteiger partial charge on any atom is 0.303 e. The van der Waals surface area contributed by atoms with Gasteiger partial charge in [0.05, 0.1) is 0 Å². The summed E-state index contributed by atoms with van der Waals surface area (Å²) in [5, 5.41) is 18.1. The number of allylic oxidation sites excluding steroid dienone is 2. The highest BCUT2D eigenvalue weighted by Gasteiger charge is 2.44. The third-order valence-electron chi connectivity index (χ3n) is 6.04. The van der Waals surface area contributed by atoms with Crippen LogP contribution in [0.2, 0.25) is 0 Å². The highest BCUT2D eigenvalue weighted by Crippen LogP contribution is 2.53. The SMILES string of the molecule is CC1=CCC(C(C)C)C(C)(CCC(=O)O)C1CCC(C)CC(=O)O. The molecule has 0 amide bonds. The molecule has 1 aliphatic rings. The van der Waals surface area contributed by atoms with Crippen LogP contribution in [0.25, 0.3) is 0 Å². The third kappa shape index (κ3) is 5.35. The van der Waals surface area contributed by atoms with Crippen LogP contribution in [-0.2, 0) is 9.59 Å². The highest BCUT2D eigenvalue weighted by molar-refractivity contribution is 5.67. The van der Waals surface area contributed by atoms with Crippen LogP contribution in [0.1, 0.15) is 73.1 Å². The van der Waals surface area contributed by atoms with E-state index in [-0.39, 0.29) is 24.2 Å². The number of rotatable bonds is 9. The van der Waals surface area contributed by atoms with E-state index in [4.69, 9.17) is 5.11 Å². The monoisotopic (exact) mass is 338 g/mol. The van der Waals surface area contributed by atoms with Gasteiger partial charge in [0.1, 0.15) is 0 Å². The highest BCUT2D eigenvalue weighted by atomic mass is 16.4. The minimum atomic E-state index is -0.743. The molecule has 4 heteroatoms. The van der Waals surface area contributed by atoms with Gasteiger partial charge in [-0.3, -0.25) is 9.59 Å². The Morgan fingerprint density at radius 3 is 2.38 bits per heavy atom. The minimum absolute atomic E-state index is 0.0334. The summed E-state index contributed by atoms with van der Waals surface area (Å²) in [6, 6.07) is 0. The van der Waals surface area contributed by atoms with E-state index >= 15 is 0 Å². The maximum atomic E-state index is 11.2. The molecule has 0 saturated heterocycles. The predicted molar refractivity (Wildman–Crippen MR) is 95.8 cm³/mol. The molecule has 0 heterocycles.